The standard InChI is InChI=1S/C26H36N4O6S/c1-27-21-14-17-29(18-15-21)25(31)16-19-30(37(34,35)23-11-9-22(36-2)10-12-23)24(26(32)28-33)13-8-20-6-4-3-5-7-20/h3-7,9-12,21,24,27,33H,8,13-19H2,1-2H3,(H,28,32). The van der Waals surface area contributed by atoms with E-state index in [1.807, 2.05) is 37.4 Å². The highest BCUT2D eigenvalue weighted by Gasteiger charge is 2.36. The fourth-order valence-electron chi connectivity index (χ4n) is 4.54. The first-order valence-corrected chi connectivity index (χ1v) is 13.8. The lowest BCUT2D eigenvalue weighted by Gasteiger charge is -2.33. The summed E-state index contributed by atoms with van der Waals surface area (Å²) >= 11 is 0. The highest BCUT2D eigenvalue weighted by atomic mass is 32.2. The highest BCUT2D eigenvalue weighted by Crippen LogP contribution is 2.24. The molecule has 0 radical (unpaired) electrons. The van der Waals surface area contributed by atoms with Gasteiger partial charge >= 0.3 is 0 Å². The minimum Gasteiger partial charge on any atom is -0.497 e. The minimum absolute atomic E-state index is 0.0361. The van der Waals surface area contributed by atoms with Crippen LogP contribution in [0.5, 0.6) is 5.75 Å². The molecule has 2 amide bonds. The molecule has 1 atom stereocenters. The first-order chi connectivity index (χ1) is 17.8. The molecule has 2 aromatic carbocycles. The van der Waals surface area contributed by atoms with Gasteiger partial charge in [-0.05, 0) is 62.6 Å². The van der Waals surface area contributed by atoms with Gasteiger partial charge in [0.1, 0.15) is 11.8 Å². The third-order valence-corrected chi connectivity index (χ3v) is 8.70. The molecule has 0 aromatic heterocycles. The summed E-state index contributed by atoms with van der Waals surface area (Å²) in [6.07, 6.45) is 2.08. The second-order valence-corrected chi connectivity index (χ2v) is 10.9. The number of piperidine rings is 1. The summed E-state index contributed by atoms with van der Waals surface area (Å²) in [6.45, 7) is 0.973. The average molecular weight is 533 g/mol. The van der Waals surface area contributed by atoms with Crippen molar-refractivity contribution in [2.75, 3.05) is 33.8 Å². The highest BCUT2D eigenvalue weighted by molar-refractivity contribution is 7.89. The topological polar surface area (TPSA) is 128 Å². The summed E-state index contributed by atoms with van der Waals surface area (Å²) in [5, 5.41) is 12.7. The third-order valence-electron chi connectivity index (χ3n) is 6.78. The van der Waals surface area contributed by atoms with Crippen LogP contribution in [0.25, 0.3) is 0 Å². The van der Waals surface area contributed by atoms with E-state index in [9.17, 15) is 23.2 Å². The first-order valence-electron chi connectivity index (χ1n) is 12.4. The SMILES string of the molecule is CNC1CCN(C(=O)CCN(C(CCc2ccccc2)C(=O)NO)S(=O)(=O)c2ccc(OC)cc2)CC1. The number of nitrogens with one attached hydrogen (secondary N) is 2. The summed E-state index contributed by atoms with van der Waals surface area (Å²) in [7, 11) is -0.826. The van der Waals surface area contributed by atoms with E-state index in [-0.39, 0.29) is 30.2 Å². The number of nitrogens with zero attached hydrogens (tertiary/aromatic N) is 2. The molecule has 1 aliphatic heterocycles. The molecule has 10 nitrogen and oxygen atoms in total. The zero-order valence-corrected chi connectivity index (χ0v) is 22.1. The monoisotopic (exact) mass is 532 g/mol. The lowest BCUT2D eigenvalue weighted by Crippen LogP contribution is -2.51. The first kappa shape index (κ1) is 28.6. The Balaban J connectivity index is 1.86. The molecule has 2 aromatic rings. The number of amides is 2. The molecule has 1 heterocycles. The number of benzene rings is 2. The van der Waals surface area contributed by atoms with Crippen LogP contribution in [0.1, 0.15) is 31.2 Å². The quantitative estimate of drug-likeness (QED) is 0.281. The molecule has 1 aliphatic rings. The van der Waals surface area contributed by atoms with E-state index in [2.05, 4.69) is 5.32 Å². The van der Waals surface area contributed by atoms with Crippen LogP contribution >= 0.6 is 0 Å². The lowest BCUT2D eigenvalue weighted by atomic mass is 10.0. The summed E-state index contributed by atoms with van der Waals surface area (Å²) in [4.78, 5) is 27.5. The Hall–Kier alpha value is -2.99. The maximum absolute atomic E-state index is 13.8. The molecule has 0 spiro atoms. The van der Waals surface area contributed by atoms with Crippen LogP contribution in [-0.2, 0) is 26.0 Å². The average Bonchev–Trinajstić information content (AvgIpc) is 2.94. The molecule has 11 heteroatoms. The van der Waals surface area contributed by atoms with Gasteiger partial charge in [0.2, 0.25) is 15.9 Å². The van der Waals surface area contributed by atoms with E-state index in [0.29, 0.717) is 31.3 Å². The number of sulfonamides is 1. The summed E-state index contributed by atoms with van der Waals surface area (Å²) in [5.74, 6) is -0.537. The molecular formula is C26H36N4O6S. The van der Waals surface area contributed by atoms with Crippen molar-refractivity contribution in [1.29, 1.82) is 0 Å². The Kier molecular flexibility index (Phi) is 10.4. The van der Waals surface area contributed by atoms with E-state index in [1.165, 1.54) is 31.4 Å². The number of hydrogen-bond donors (Lipinski definition) is 3. The van der Waals surface area contributed by atoms with Gasteiger partial charge in [0, 0.05) is 32.1 Å². The van der Waals surface area contributed by atoms with Gasteiger partial charge in [-0.3, -0.25) is 14.8 Å². The number of likely N-dealkylation sites (tertiary alicyclic amines) is 1. The zero-order chi connectivity index (χ0) is 26.8. The molecular weight excluding hydrogens is 496 g/mol. The fourth-order valence-corrected chi connectivity index (χ4v) is 6.16. The van der Waals surface area contributed by atoms with Gasteiger partial charge < -0.3 is 15.0 Å². The van der Waals surface area contributed by atoms with Gasteiger partial charge in [-0.2, -0.15) is 4.31 Å². The van der Waals surface area contributed by atoms with Crippen molar-refractivity contribution in [2.45, 2.75) is 49.1 Å². The van der Waals surface area contributed by atoms with Crippen LogP contribution in [0.3, 0.4) is 0 Å². The number of ether oxygens (including phenoxy) is 1. The number of carbonyl (C=O) groups excluding carboxylic acids is 2. The van der Waals surface area contributed by atoms with E-state index in [0.717, 1.165) is 22.7 Å². The Morgan fingerprint density at radius 1 is 1.11 bits per heavy atom. The van der Waals surface area contributed by atoms with Crippen LogP contribution in [0.2, 0.25) is 0 Å². The van der Waals surface area contributed by atoms with E-state index in [4.69, 9.17) is 4.74 Å². The summed E-state index contributed by atoms with van der Waals surface area (Å²) < 4.78 is 33.7. The van der Waals surface area contributed by atoms with E-state index < -0.39 is 22.0 Å². The van der Waals surface area contributed by atoms with Gasteiger partial charge in [-0.1, -0.05) is 30.3 Å². The predicted molar refractivity (Wildman–Crippen MR) is 139 cm³/mol. The summed E-state index contributed by atoms with van der Waals surface area (Å²) in [6, 6.07) is 14.3. The van der Waals surface area contributed by atoms with Crippen molar-refractivity contribution in [3.05, 3.63) is 60.2 Å². The number of methoxy groups -OCH3 is 1. The molecule has 3 rings (SSSR count). The minimum atomic E-state index is -4.20. The van der Waals surface area contributed by atoms with E-state index >= 15 is 0 Å². The van der Waals surface area contributed by atoms with Crippen molar-refractivity contribution >= 4 is 21.8 Å². The normalized spacial score (nSPS) is 15.4. The van der Waals surface area contributed by atoms with Crippen LogP contribution in [0.4, 0.5) is 0 Å². The summed E-state index contributed by atoms with van der Waals surface area (Å²) in [5.41, 5.74) is 2.54. The molecule has 1 fully saturated rings. The number of aryl methyl sites for hydroxylation is 1. The van der Waals surface area contributed by atoms with Crippen LogP contribution in [0, 0.1) is 0 Å². The van der Waals surface area contributed by atoms with Crippen molar-refractivity contribution in [2.24, 2.45) is 0 Å². The zero-order valence-electron chi connectivity index (χ0n) is 21.3. The Morgan fingerprint density at radius 2 is 1.76 bits per heavy atom. The number of carbonyl (C=O) groups is 2. The van der Waals surface area contributed by atoms with Gasteiger partial charge in [0.15, 0.2) is 0 Å². The second kappa shape index (κ2) is 13.5. The molecule has 0 saturated carbocycles. The van der Waals surface area contributed by atoms with Gasteiger partial charge in [-0.15, -0.1) is 0 Å². The number of rotatable bonds is 12. The maximum atomic E-state index is 13.8. The van der Waals surface area contributed by atoms with Crippen molar-refractivity contribution < 1.29 is 28.0 Å². The second-order valence-electron chi connectivity index (χ2n) is 9.00. The van der Waals surface area contributed by atoms with Gasteiger partial charge in [0.05, 0.1) is 12.0 Å². The fraction of sp³-hybridized carbons (Fsp3) is 0.462. The number of hydrogen-bond acceptors (Lipinski definition) is 7. The van der Waals surface area contributed by atoms with Gasteiger partial charge in [-0.25, -0.2) is 13.9 Å². The third kappa shape index (κ3) is 7.51. The maximum Gasteiger partial charge on any atom is 0.261 e. The van der Waals surface area contributed by atoms with Crippen LogP contribution in [-0.4, -0.2) is 80.5 Å². The van der Waals surface area contributed by atoms with Gasteiger partial charge in [0.25, 0.3) is 5.91 Å². The predicted octanol–water partition coefficient (Wildman–Crippen LogP) is 1.79. The molecule has 1 unspecified atom stereocenters. The molecule has 1 saturated heterocycles. The van der Waals surface area contributed by atoms with Crippen molar-refractivity contribution in [1.82, 2.24) is 20.0 Å². The lowest BCUT2D eigenvalue weighted by molar-refractivity contribution is -0.135. The largest absolute Gasteiger partial charge is 0.497 e. The van der Waals surface area contributed by atoms with Crippen molar-refractivity contribution in [3.63, 3.8) is 0 Å². The Labute approximate surface area is 218 Å². The Morgan fingerprint density at radius 3 is 2.32 bits per heavy atom. The molecule has 0 bridgehead atoms. The molecule has 0 aliphatic carbocycles. The molecule has 37 heavy (non-hydrogen) atoms. The number of hydroxylamine groups is 1. The van der Waals surface area contributed by atoms with E-state index in [1.54, 1.807) is 10.4 Å². The van der Waals surface area contributed by atoms with Crippen LogP contribution < -0.4 is 15.5 Å². The smallest absolute Gasteiger partial charge is 0.261 e. The van der Waals surface area contributed by atoms with Crippen molar-refractivity contribution in [3.8, 4) is 5.75 Å². The van der Waals surface area contributed by atoms with Crippen LogP contribution in [0.15, 0.2) is 59.5 Å². The molecule has 202 valence electrons. The Bertz CT molecular complexity index is 1120. The molecule has 3 N–H and O–H groups in total.